The van der Waals surface area contributed by atoms with Gasteiger partial charge in [-0.15, -0.1) is 0 Å². The third-order valence-electron chi connectivity index (χ3n) is 5.89. The second kappa shape index (κ2) is 9.35. The fraction of sp³-hybridized carbons (Fsp3) is 0.179. The van der Waals surface area contributed by atoms with Gasteiger partial charge in [-0.2, -0.15) is 0 Å². The molecule has 1 saturated heterocycles. The number of Topliss-reactive ketones (excluding diaryl/α,β-unsaturated/α-hetero) is 1. The van der Waals surface area contributed by atoms with E-state index in [-0.39, 0.29) is 23.5 Å². The van der Waals surface area contributed by atoms with Crippen LogP contribution in [0.4, 0.5) is 5.69 Å². The van der Waals surface area contributed by atoms with Crippen molar-refractivity contribution in [2.24, 2.45) is 0 Å². The first-order valence-corrected chi connectivity index (χ1v) is 11.0. The highest BCUT2D eigenvalue weighted by Gasteiger charge is 2.47. The highest BCUT2D eigenvalue weighted by atomic mass is 16.5. The number of carbonyl (C=O) groups is 3. The van der Waals surface area contributed by atoms with E-state index in [0.29, 0.717) is 16.8 Å². The van der Waals surface area contributed by atoms with Crippen LogP contribution in [0.15, 0.2) is 78.4 Å². The van der Waals surface area contributed by atoms with E-state index in [1.807, 2.05) is 50.2 Å². The van der Waals surface area contributed by atoms with Crippen LogP contribution in [0, 0.1) is 13.8 Å². The van der Waals surface area contributed by atoms with E-state index in [9.17, 15) is 19.5 Å². The summed E-state index contributed by atoms with van der Waals surface area (Å²) in [6, 6.07) is 20.0. The van der Waals surface area contributed by atoms with E-state index in [0.717, 1.165) is 11.1 Å². The Kier molecular flexibility index (Phi) is 6.32. The van der Waals surface area contributed by atoms with Crippen LogP contribution < -0.4 is 4.90 Å². The summed E-state index contributed by atoms with van der Waals surface area (Å²) in [4.78, 5) is 40.3. The van der Waals surface area contributed by atoms with Gasteiger partial charge in [0.15, 0.2) is 0 Å². The fourth-order valence-electron chi connectivity index (χ4n) is 4.15. The molecule has 4 rings (SSSR count). The van der Waals surface area contributed by atoms with Crippen molar-refractivity contribution < 1.29 is 24.2 Å². The first-order valence-electron chi connectivity index (χ1n) is 11.0. The van der Waals surface area contributed by atoms with Gasteiger partial charge in [0, 0.05) is 11.3 Å². The molecule has 3 aromatic rings. The number of aliphatic hydroxyl groups excluding tert-OH is 1. The molecule has 0 aliphatic carbocycles. The number of hydrogen-bond acceptors (Lipinski definition) is 5. The van der Waals surface area contributed by atoms with Gasteiger partial charge < -0.3 is 9.84 Å². The second-order valence-corrected chi connectivity index (χ2v) is 8.16. The highest BCUT2D eigenvalue weighted by Crippen LogP contribution is 2.43. The van der Waals surface area contributed by atoms with Crippen molar-refractivity contribution in [1.82, 2.24) is 0 Å². The average Bonchev–Trinajstić information content (AvgIpc) is 3.10. The number of anilines is 1. The van der Waals surface area contributed by atoms with Crippen molar-refractivity contribution >= 4 is 29.1 Å². The van der Waals surface area contributed by atoms with Crippen LogP contribution in [0.25, 0.3) is 5.76 Å². The minimum absolute atomic E-state index is 0.00434. The predicted octanol–water partition coefficient (Wildman–Crippen LogP) is 5.11. The van der Waals surface area contributed by atoms with E-state index >= 15 is 0 Å². The van der Waals surface area contributed by atoms with Gasteiger partial charge in [0.05, 0.1) is 23.8 Å². The monoisotopic (exact) mass is 455 g/mol. The Morgan fingerprint density at radius 2 is 1.65 bits per heavy atom. The Bertz CT molecular complexity index is 1310. The molecule has 0 saturated carbocycles. The Labute approximate surface area is 198 Å². The fourth-order valence-corrected chi connectivity index (χ4v) is 4.15. The molecule has 1 amide bonds. The molecule has 172 valence electrons. The molecule has 0 spiro atoms. The maximum absolute atomic E-state index is 13.3. The molecule has 1 unspecified atom stereocenters. The zero-order valence-electron chi connectivity index (χ0n) is 19.2. The molecular weight excluding hydrogens is 430 g/mol. The minimum Gasteiger partial charge on any atom is -0.507 e. The number of aryl methyl sites for hydroxylation is 2. The number of benzene rings is 3. The van der Waals surface area contributed by atoms with Gasteiger partial charge >= 0.3 is 5.97 Å². The van der Waals surface area contributed by atoms with E-state index in [4.69, 9.17) is 4.74 Å². The van der Waals surface area contributed by atoms with Crippen LogP contribution in [-0.2, 0) is 14.3 Å². The van der Waals surface area contributed by atoms with E-state index in [1.165, 1.54) is 11.0 Å². The minimum atomic E-state index is -0.861. The lowest BCUT2D eigenvalue weighted by Gasteiger charge is -2.27. The summed E-state index contributed by atoms with van der Waals surface area (Å²) >= 11 is 0. The van der Waals surface area contributed by atoms with Crippen molar-refractivity contribution in [3.05, 3.63) is 106 Å². The molecule has 0 bridgehead atoms. The van der Waals surface area contributed by atoms with Gasteiger partial charge in [-0.1, -0.05) is 60.2 Å². The number of amides is 1. The third-order valence-corrected chi connectivity index (χ3v) is 5.89. The Morgan fingerprint density at radius 1 is 0.941 bits per heavy atom. The summed E-state index contributed by atoms with van der Waals surface area (Å²) < 4.78 is 5.09. The van der Waals surface area contributed by atoms with Gasteiger partial charge in [0.1, 0.15) is 5.76 Å². The first kappa shape index (κ1) is 23.0. The van der Waals surface area contributed by atoms with Gasteiger partial charge in [0.2, 0.25) is 0 Å². The van der Waals surface area contributed by atoms with Crippen LogP contribution in [0.1, 0.15) is 45.6 Å². The summed E-state index contributed by atoms with van der Waals surface area (Å²) in [6.45, 7) is 5.74. The van der Waals surface area contributed by atoms with E-state index in [2.05, 4.69) is 0 Å². The number of ketones is 1. The molecule has 1 N–H and O–H groups in total. The topological polar surface area (TPSA) is 83.9 Å². The lowest BCUT2D eigenvalue weighted by molar-refractivity contribution is -0.132. The van der Waals surface area contributed by atoms with Gasteiger partial charge in [-0.3, -0.25) is 14.5 Å². The molecule has 1 aliphatic rings. The van der Waals surface area contributed by atoms with Crippen LogP contribution in [0.2, 0.25) is 0 Å². The molecule has 1 atom stereocenters. The van der Waals surface area contributed by atoms with Crippen LogP contribution in [0.5, 0.6) is 0 Å². The molecule has 6 nitrogen and oxygen atoms in total. The predicted molar refractivity (Wildman–Crippen MR) is 130 cm³/mol. The number of nitrogens with zero attached hydrogens (tertiary/aromatic N) is 1. The van der Waals surface area contributed by atoms with Gasteiger partial charge in [-0.25, -0.2) is 4.79 Å². The molecule has 0 aromatic heterocycles. The number of ether oxygens (including phenoxy) is 1. The quantitative estimate of drug-likeness (QED) is 0.250. The molecular formula is C28H25NO5. The van der Waals surface area contributed by atoms with Crippen molar-refractivity contribution in [3.63, 3.8) is 0 Å². The summed E-state index contributed by atoms with van der Waals surface area (Å²) in [7, 11) is 0. The molecule has 1 aliphatic heterocycles. The zero-order valence-corrected chi connectivity index (χ0v) is 19.2. The smallest absolute Gasteiger partial charge is 0.338 e. The third kappa shape index (κ3) is 4.10. The molecule has 1 fully saturated rings. The summed E-state index contributed by atoms with van der Waals surface area (Å²) in [5.74, 6) is -2.32. The maximum atomic E-state index is 13.3. The number of rotatable bonds is 5. The van der Waals surface area contributed by atoms with Gasteiger partial charge in [-0.05, 0) is 50.1 Å². The number of hydrogen-bond donors (Lipinski definition) is 1. The molecule has 3 aromatic carbocycles. The summed E-state index contributed by atoms with van der Waals surface area (Å²) in [6.07, 6.45) is 0. The summed E-state index contributed by atoms with van der Waals surface area (Å²) in [5.41, 5.74) is 3.65. The van der Waals surface area contributed by atoms with Crippen LogP contribution >= 0.6 is 0 Å². The second-order valence-electron chi connectivity index (χ2n) is 8.16. The van der Waals surface area contributed by atoms with E-state index in [1.54, 1.807) is 37.3 Å². The van der Waals surface area contributed by atoms with Crippen molar-refractivity contribution in [1.29, 1.82) is 0 Å². The Balaban J connectivity index is 1.93. The standard InChI is InChI=1S/C28H25NO5/c1-4-34-28(33)20-9-7-10-21(16-20)29-24(22-11-6-5-8-18(22)3)23(26(31)27(29)32)25(30)19-14-12-17(2)13-15-19/h5-16,24,30H,4H2,1-3H3/b25-23+. The van der Waals surface area contributed by atoms with Crippen LogP contribution in [-0.4, -0.2) is 29.4 Å². The SMILES string of the molecule is CCOC(=O)c1cccc(N2C(=O)C(=O)/C(=C(/O)c3ccc(C)cc3)C2c2ccccc2C)c1. The lowest BCUT2D eigenvalue weighted by atomic mass is 9.92. The molecule has 1 heterocycles. The lowest BCUT2D eigenvalue weighted by Crippen LogP contribution is -2.30. The van der Waals surface area contributed by atoms with Crippen molar-refractivity contribution in [2.75, 3.05) is 11.5 Å². The maximum Gasteiger partial charge on any atom is 0.338 e. The number of carbonyl (C=O) groups excluding carboxylic acids is 3. The normalized spacial score (nSPS) is 17.1. The van der Waals surface area contributed by atoms with Crippen molar-refractivity contribution in [3.8, 4) is 0 Å². The Hall–Kier alpha value is -4.19. The zero-order chi connectivity index (χ0) is 24.4. The highest BCUT2D eigenvalue weighted by molar-refractivity contribution is 6.51. The Morgan fingerprint density at radius 3 is 2.32 bits per heavy atom. The molecule has 0 radical (unpaired) electrons. The molecule has 6 heteroatoms. The average molecular weight is 456 g/mol. The van der Waals surface area contributed by atoms with E-state index < -0.39 is 23.7 Å². The van der Waals surface area contributed by atoms with Crippen molar-refractivity contribution in [2.45, 2.75) is 26.8 Å². The molecule has 34 heavy (non-hydrogen) atoms. The van der Waals surface area contributed by atoms with Gasteiger partial charge in [0.25, 0.3) is 11.7 Å². The van der Waals surface area contributed by atoms with Crippen LogP contribution in [0.3, 0.4) is 0 Å². The number of esters is 1. The largest absolute Gasteiger partial charge is 0.507 e. The summed E-state index contributed by atoms with van der Waals surface area (Å²) in [5, 5.41) is 11.2. The first-order chi connectivity index (χ1) is 16.3. The number of aliphatic hydroxyl groups is 1.